The molecule has 0 spiro atoms. The smallest absolute Gasteiger partial charge is 0.318 e. The number of ether oxygens (including phenoxy) is 1. The number of carbonyl (C=O) groups is 1. The summed E-state index contributed by atoms with van der Waals surface area (Å²) in [6.45, 7) is 4.75. The lowest BCUT2D eigenvalue weighted by Gasteiger charge is -2.48. The van der Waals surface area contributed by atoms with Crippen molar-refractivity contribution in [2.24, 2.45) is 5.41 Å². The molecule has 5 heteroatoms. The highest BCUT2D eigenvalue weighted by Crippen LogP contribution is 2.56. The molecule has 0 amide bonds. The molecule has 0 heterocycles. The van der Waals surface area contributed by atoms with Gasteiger partial charge in [-0.25, -0.2) is 13.2 Å². The SMILES string of the molecule is CCC1(F)CC(C(=O)OC(C)C)(C(F)F)C1. The van der Waals surface area contributed by atoms with Gasteiger partial charge in [-0.1, -0.05) is 6.92 Å². The predicted octanol–water partition coefficient (Wildman–Crippen LogP) is 3.10. The summed E-state index contributed by atoms with van der Waals surface area (Å²) < 4.78 is 44.1. The molecule has 2 nitrogen and oxygen atoms in total. The summed E-state index contributed by atoms with van der Waals surface area (Å²) in [5, 5.41) is 0. The Bertz CT molecular complexity index is 270. The van der Waals surface area contributed by atoms with E-state index >= 15 is 0 Å². The zero-order valence-corrected chi connectivity index (χ0v) is 9.73. The van der Waals surface area contributed by atoms with Crippen molar-refractivity contribution in [3.63, 3.8) is 0 Å². The van der Waals surface area contributed by atoms with Gasteiger partial charge in [0.1, 0.15) is 11.1 Å². The Labute approximate surface area is 93.2 Å². The molecule has 94 valence electrons. The van der Waals surface area contributed by atoms with Gasteiger partial charge in [-0.3, -0.25) is 4.79 Å². The highest BCUT2D eigenvalue weighted by atomic mass is 19.3. The fourth-order valence-electron chi connectivity index (χ4n) is 2.05. The first-order chi connectivity index (χ1) is 7.26. The molecule has 0 aromatic rings. The van der Waals surface area contributed by atoms with Crippen LogP contribution in [0.3, 0.4) is 0 Å². The van der Waals surface area contributed by atoms with E-state index in [4.69, 9.17) is 4.74 Å². The zero-order chi connectivity index (χ0) is 12.6. The molecule has 1 fully saturated rings. The zero-order valence-electron chi connectivity index (χ0n) is 9.73. The van der Waals surface area contributed by atoms with Crippen molar-refractivity contribution in [3.05, 3.63) is 0 Å². The highest BCUT2D eigenvalue weighted by Gasteiger charge is 2.65. The standard InChI is InChI=1S/C11H17F3O2/c1-4-10(14)5-11(6-10,8(12)13)9(15)16-7(2)3/h7-8H,4-6H2,1-3H3. The van der Waals surface area contributed by atoms with Crippen LogP contribution in [-0.4, -0.2) is 24.2 Å². The number of carbonyl (C=O) groups excluding carboxylic acids is 1. The number of halogens is 3. The third-order valence-electron chi connectivity index (χ3n) is 3.07. The summed E-state index contributed by atoms with van der Waals surface area (Å²) in [6, 6.07) is 0. The lowest BCUT2D eigenvalue weighted by molar-refractivity contribution is -0.202. The maximum atomic E-state index is 13.6. The van der Waals surface area contributed by atoms with Crippen LogP contribution >= 0.6 is 0 Å². The maximum absolute atomic E-state index is 13.6. The van der Waals surface area contributed by atoms with Crippen LogP contribution in [0.4, 0.5) is 13.2 Å². The Morgan fingerprint density at radius 2 is 1.88 bits per heavy atom. The molecule has 0 aromatic carbocycles. The second-order valence-electron chi connectivity index (χ2n) is 4.77. The van der Waals surface area contributed by atoms with Crippen LogP contribution in [0.1, 0.15) is 40.0 Å². The molecule has 1 saturated carbocycles. The summed E-state index contributed by atoms with van der Waals surface area (Å²) in [7, 11) is 0. The molecule has 0 N–H and O–H groups in total. The van der Waals surface area contributed by atoms with Gasteiger partial charge in [0.25, 0.3) is 6.43 Å². The average Bonchev–Trinajstić information content (AvgIpc) is 2.10. The Morgan fingerprint density at radius 3 is 2.19 bits per heavy atom. The molecule has 0 aromatic heterocycles. The van der Waals surface area contributed by atoms with E-state index in [1.54, 1.807) is 20.8 Å². The average molecular weight is 238 g/mol. The Hall–Kier alpha value is -0.740. The van der Waals surface area contributed by atoms with E-state index in [-0.39, 0.29) is 6.42 Å². The van der Waals surface area contributed by atoms with Gasteiger partial charge in [-0.15, -0.1) is 0 Å². The monoisotopic (exact) mass is 238 g/mol. The second kappa shape index (κ2) is 4.26. The fraction of sp³-hybridized carbons (Fsp3) is 0.909. The summed E-state index contributed by atoms with van der Waals surface area (Å²) in [4.78, 5) is 11.5. The normalized spacial score (nSPS) is 34.0. The molecule has 16 heavy (non-hydrogen) atoms. The van der Waals surface area contributed by atoms with Gasteiger partial charge in [0.05, 0.1) is 6.10 Å². The Balaban J connectivity index is 2.75. The van der Waals surface area contributed by atoms with Crippen molar-refractivity contribution in [1.82, 2.24) is 0 Å². The minimum atomic E-state index is -2.87. The molecule has 0 saturated heterocycles. The van der Waals surface area contributed by atoms with Crippen molar-refractivity contribution < 1.29 is 22.7 Å². The van der Waals surface area contributed by atoms with Crippen LogP contribution in [0.15, 0.2) is 0 Å². The van der Waals surface area contributed by atoms with Crippen LogP contribution in [-0.2, 0) is 9.53 Å². The van der Waals surface area contributed by atoms with Crippen molar-refractivity contribution in [2.45, 2.75) is 58.2 Å². The molecular weight excluding hydrogens is 221 g/mol. The minimum absolute atomic E-state index is 0.149. The van der Waals surface area contributed by atoms with Crippen LogP contribution in [0.2, 0.25) is 0 Å². The lowest BCUT2D eigenvalue weighted by Crippen LogP contribution is -2.57. The molecule has 0 unspecified atom stereocenters. The van der Waals surface area contributed by atoms with Crippen molar-refractivity contribution in [3.8, 4) is 0 Å². The fourth-order valence-corrected chi connectivity index (χ4v) is 2.05. The highest BCUT2D eigenvalue weighted by molar-refractivity contribution is 5.79. The van der Waals surface area contributed by atoms with E-state index in [0.717, 1.165) is 0 Å². The first kappa shape index (κ1) is 13.3. The second-order valence-corrected chi connectivity index (χ2v) is 4.77. The molecule has 1 rings (SSSR count). The van der Waals surface area contributed by atoms with Gasteiger partial charge in [0.2, 0.25) is 0 Å². The van der Waals surface area contributed by atoms with Crippen molar-refractivity contribution in [2.75, 3.05) is 0 Å². The summed E-state index contributed by atoms with van der Waals surface area (Å²) in [5.41, 5.74) is -3.55. The first-order valence-electron chi connectivity index (χ1n) is 5.44. The molecule has 0 aliphatic heterocycles. The minimum Gasteiger partial charge on any atom is -0.462 e. The number of esters is 1. The van der Waals surface area contributed by atoms with E-state index in [2.05, 4.69) is 0 Å². The van der Waals surface area contributed by atoms with E-state index < -0.39 is 42.4 Å². The summed E-state index contributed by atoms with van der Waals surface area (Å²) in [6.07, 6.45) is -4.04. The molecule has 0 bridgehead atoms. The molecule has 1 aliphatic carbocycles. The van der Waals surface area contributed by atoms with Gasteiger partial charge in [-0.05, 0) is 20.3 Å². The molecule has 0 atom stereocenters. The topological polar surface area (TPSA) is 26.3 Å². The van der Waals surface area contributed by atoms with E-state index in [1.165, 1.54) is 0 Å². The number of hydrogen-bond donors (Lipinski definition) is 0. The Morgan fingerprint density at radius 1 is 1.38 bits per heavy atom. The van der Waals surface area contributed by atoms with Gasteiger partial charge < -0.3 is 4.74 Å². The summed E-state index contributed by atoms with van der Waals surface area (Å²) in [5.74, 6) is -0.973. The van der Waals surface area contributed by atoms with Crippen LogP contribution < -0.4 is 0 Å². The third-order valence-corrected chi connectivity index (χ3v) is 3.07. The van der Waals surface area contributed by atoms with Gasteiger partial charge in [-0.2, -0.15) is 0 Å². The molecule has 1 aliphatic rings. The van der Waals surface area contributed by atoms with Gasteiger partial charge >= 0.3 is 5.97 Å². The molecule has 0 radical (unpaired) electrons. The first-order valence-corrected chi connectivity index (χ1v) is 5.44. The Kier molecular flexibility index (Phi) is 3.55. The summed E-state index contributed by atoms with van der Waals surface area (Å²) >= 11 is 0. The number of hydrogen-bond acceptors (Lipinski definition) is 2. The predicted molar refractivity (Wildman–Crippen MR) is 53.0 cm³/mol. The van der Waals surface area contributed by atoms with E-state index in [1.807, 2.05) is 0 Å². The largest absolute Gasteiger partial charge is 0.462 e. The van der Waals surface area contributed by atoms with Crippen molar-refractivity contribution >= 4 is 5.97 Å². The third kappa shape index (κ3) is 2.18. The van der Waals surface area contributed by atoms with Gasteiger partial charge in [0.15, 0.2) is 0 Å². The quantitative estimate of drug-likeness (QED) is 0.703. The number of rotatable bonds is 4. The lowest BCUT2D eigenvalue weighted by atomic mass is 9.59. The van der Waals surface area contributed by atoms with E-state index in [9.17, 15) is 18.0 Å². The molecular formula is C11H17F3O2. The van der Waals surface area contributed by atoms with Crippen LogP contribution in [0.25, 0.3) is 0 Å². The van der Waals surface area contributed by atoms with Gasteiger partial charge in [0, 0.05) is 12.8 Å². The number of alkyl halides is 3. The van der Waals surface area contributed by atoms with Crippen molar-refractivity contribution in [1.29, 1.82) is 0 Å². The van der Waals surface area contributed by atoms with Crippen LogP contribution in [0.5, 0.6) is 0 Å². The maximum Gasteiger partial charge on any atom is 0.318 e. The van der Waals surface area contributed by atoms with Crippen LogP contribution in [0, 0.1) is 5.41 Å². The van der Waals surface area contributed by atoms with E-state index in [0.29, 0.717) is 0 Å².